The standard InChI is InChI=1S/C18H24N2O15/c21-4-9-11(23)12(24)14(26)18(33-9)35-16-10(5-22)34-17(15(27)13(16)25)32-8-2-1-6(19(28)29)3-7(8)20(30)31/h1-3,9-18,21-27H,4-5H2/t9-,10-,11-,12+,13-,14+,15+,16-,17-,18+/m1/s1. The number of benzene rings is 1. The van der Waals surface area contributed by atoms with E-state index < -0.39 is 102 Å². The van der Waals surface area contributed by atoms with Gasteiger partial charge in [-0.3, -0.25) is 20.2 Å². The summed E-state index contributed by atoms with van der Waals surface area (Å²) in [6.45, 7) is -1.61. The molecule has 0 unspecified atom stereocenters. The number of ether oxygens (including phenoxy) is 4. The molecule has 3 rings (SSSR count). The van der Waals surface area contributed by atoms with Crippen LogP contribution < -0.4 is 4.74 Å². The quantitative estimate of drug-likeness (QED) is 0.133. The molecule has 2 heterocycles. The van der Waals surface area contributed by atoms with E-state index in [2.05, 4.69) is 0 Å². The van der Waals surface area contributed by atoms with E-state index in [0.29, 0.717) is 6.07 Å². The molecule has 17 nitrogen and oxygen atoms in total. The molecular weight excluding hydrogens is 484 g/mol. The maximum atomic E-state index is 11.3. The smallest absolute Gasteiger partial charge is 0.317 e. The van der Waals surface area contributed by atoms with Crippen molar-refractivity contribution in [2.75, 3.05) is 13.2 Å². The van der Waals surface area contributed by atoms with Crippen molar-refractivity contribution in [3.63, 3.8) is 0 Å². The first-order valence-corrected chi connectivity index (χ1v) is 10.2. The maximum absolute atomic E-state index is 11.3. The third-order valence-corrected chi connectivity index (χ3v) is 5.55. The largest absolute Gasteiger partial charge is 0.455 e. The lowest BCUT2D eigenvalue weighted by Gasteiger charge is -2.45. The van der Waals surface area contributed by atoms with E-state index >= 15 is 0 Å². The first kappa shape index (κ1) is 27.0. The number of hydrogen-bond donors (Lipinski definition) is 7. The minimum Gasteiger partial charge on any atom is -0.455 e. The lowest BCUT2D eigenvalue weighted by Crippen LogP contribution is -2.65. The van der Waals surface area contributed by atoms with Crippen molar-refractivity contribution in [1.29, 1.82) is 0 Å². The predicted molar refractivity (Wildman–Crippen MR) is 107 cm³/mol. The van der Waals surface area contributed by atoms with E-state index in [1.54, 1.807) is 0 Å². The zero-order valence-electron chi connectivity index (χ0n) is 17.7. The second kappa shape index (κ2) is 11.0. The SMILES string of the molecule is O=[N+]([O-])c1ccc(O[C@@H]2O[C@H](CO)[C@@H](O[C@@H]3O[C@H](CO)[C@@H](O)[C@H](O)[C@@H]3O)[C@H](O)[C@@H]2O)c([N+](=O)[O-])c1. The molecule has 2 fully saturated rings. The maximum Gasteiger partial charge on any atom is 0.317 e. The molecule has 2 saturated heterocycles. The Morgan fingerprint density at radius 1 is 0.800 bits per heavy atom. The summed E-state index contributed by atoms with van der Waals surface area (Å²) in [5.41, 5.74) is -1.43. The van der Waals surface area contributed by atoms with Gasteiger partial charge in [-0.2, -0.15) is 0 Å². The first-order valence-electron chi connectivity index (χ1n) is 10.2. The van der Waals surface area contributed by atoms with Crippen LogP contribution in [0.1, 0.15) is 0 Å². The average Bonchev–Trinajstić information content (AvgIpc) is 2.83. The van der Waals surface area contributed by atoms with Gasteiger partial charge in [0.05, 0.1) is 29.1 Å². The number of nitro benzene ring substituents is 2. The number of rotatable bonds is 8. The fourth-order valence-corrected chi connectivity index (χ4v) is 3.64. The van der Waals surface area contributed by atoms with Gasteiger partial charge in [-0.1, -0.05) is 0 Å². The van der Waals surface area contributed by atoms with Gasteiger partial charge in [0.25, 0.3) is 5.69 Å². The van der Waals surface area contributed by atoms with E-state index in [1.165, 1.54) is 0 Å². The van der Waals surface area contributed by atoms with Crippen LogP contribution in [-0.4, -0.2) is 120 Å². The van der Waals surface area contributed by atoms with Crippen molar-refractivity contribution in [3.05, 3.63) is 38.4 Å². The van der Waals surface area contributed by atoms with E-state index in [1.807, 2.05) is 0 Å². The van der Waals surface area contributed by atoms with Gasteiger partial charge in [0.15, 0.2) is 6.29 Å². The number of nitrogens with zero attached hydrogens (tertiary/aromatic N) is 2. The Kier molecular flexibility index (Phi) is 8.49. The number of nitro groups is 2. The molecule has 0 saturated carbocycles. The highest BCUT2D eigenvalue weighted by atomic mass is 16.7. The highest BCUT2D eigenvalue weighted by Crippen LogP contribution is 2.35. The molecule has 0 amide bonds. The van der Waals surface area contributed by atoms with Crippen LogP contribution in [0.4, 0.5) is 11.4 Å². The van der Waals surface area contributed by atoms with Gasteiger partial charge >= 0.3 is 5.69 Å². The molecule has 17 heteroatoms. The van der Waals surface area contributed by atoms with Gasteiger partial charge in [-0.15, -0.1) is 0 Å². The second-order valence-electron chi connectivity index (χ2n) is 7.79. The average molecular weight is 508 g/mol. The van der Waals surface area contributed by atoms with E-state index in [0.717, 1.165) is 12.1 Å². The highest BCUT2D eigenvalue weighted by molar-refractivity contribution is 5.53. The molecule has 196 valence electrons. The van der Waals surface area contributed by atoms with Crippen LogP contribution in [-0.2, 0) is 14.2 Å². The summed E-state index contributed by atoms with van der Waals surface area (Å²) in [5, 5.41) is 92.1. The van der Waals surface area contributed by atoms with E-state index in [-0.39, 0.29) is 0 Å². The molecular formula is C18H24N2O15. The molecule has 0 bridgehead atoms. The van der Waals surface area contributed by atoms with E-state index in [4.69, 9.17) is 18.9 Å². The van der Waals surface area contributed by atoms with Crippen molar-refractivity contribution >= 4 is 11.4 Å². The summed E-state index contributed by atoms with van der Waals surface area (Å²) in [5.74, 6) is -0.540. The minimum atomic E-state index is -1.96. The Labute approximate surface area is 195 Å². The second-order valence-corrected chi connectivity index (χ2v) is 7.79. The lowest BCUT2D eigenvalue weighted by atomic mass is 9.97. The third-order valence-electron chi connectivity index (χ3n) is 5.55. The molecule has 1 aromatic rings. The third kappa shape index (κ3) is 5.48. The van der Waals surface area contributed by atoms with Crippen LogP contribution in [0.3, 0.4) is 0 Å². The van der Waals surface area contributed by atoms with Crippen molar-refractivity contribution in [2.24, 2.45) is 0 Å². The van der Waals surface area contributed by atoms with Crippen LogP contribution in [0.2, 0.25) is 0 Å². The normalized spacial score (nSPS) is 37.6. The van der Waals surface area contributed by atoms with Crippen LogP contribution >= 0.6 is 0 Å². The molecule has 0 aromatic heterocycles. The van der Waals surface area contributed by atoms with Crippen molar-refractivity contribution < 1.29 is 64.5 Å². The summed E-state index contributed by atoms with van der Waals surface area (Å²) in [7, 11) is 0. The Morgan fingerprint density at radius 3 is 1.97 bits per heavy atom. The Hall–Kier alpha value is -2.58. The first-order chi connectivity index (χ1) is 16.5. The van der Waals surface area contributed by atoms with Gasteiger partial charge < -0.3 is 54.7 Å². The van der Waals surface area contributed by atoms with Gasteiger partial charge in [0, 0.05) is 6.07 Å². The Bertz CT molecular complexity index is 914. The number of non-ortho nitro benzene ring substituents is 1. The summed E-state index contributed by atoms with van der Waals surface area (Å²) in [6.07, 6.45) is -17.2. The van der Waals surface area contributed by atoms with Gasteiger partial charge in [-0.25, -0.2) is 0 Å². The number of aliphatic hydroxyl groups excluding tert-OH is 7. The lowest BCUT2D eigenvalue weighted by molar-refractivity contribution is -0.395. The van der Waals surface area contributed by atoms with Crippen LogP contribution in [0.5, 0.6) is 5.75 Å². The van der Waals surface area contributed by atoms with Crippen molar-refractivity contribution in [1.82, 2.24) is 0 Å². The summed E-state index contributed by atoms with van der Waals surface area (Å²) in [6, 6.07) is 2.42. The van der Waals surface area contributed by atoms with E-state index in [9.17, 15) is 56.0 Å². The molecule has 0 aliphatic carbocycles. The molecule has 0 radical (unpaired) electrons. The van der Waals surface area contributed by atoms with Gasteiger partial charge in [-0.05, 0) is 6.07 Å². The van der Waals surface area contributed by atoms with Crippen LogP contribution in [0, 0.1) is 20.2 Å². The van der Waals surface area contributed by atoms with Gasteiger partial charge in [0.1, 0.15) is 48.8 Å². The number of hydrogen-bond acceptors (Lipinski definition) is 15. The minimum absolute atomic E-state index is 0.540. The highest BCUT2D eigenvalue weighted by Gasteiger charge is 2.51. The molecule has 1 aromatic carbocycles. The predicted octanol–water partition coefficient (Wildman–Crippen LogP) is -3.49. The fraction of sp³-hybridized carbons (Fsp3) is 0.667. The summed E-state index contributed by atoms with van der Waals surface area (Å²) >= 11 is 0. The fourth-order valence-electron chi connectivity index (χ4n) is 3.64. The van der Waals surface area contributed by atoms with Crippen LogP contribution in [0.15, 0.2) is 18.2 Å². The monoisotopic (exact) mass is 508 g/mol. The molecule has 7 N–H and O–H groups in total. The molecule has 35 heavy (non-hydrogen) atoms. The summed E-state index contributed by atoms with van der Waals surface area (Å²) in [4.78, 5) is 20.4. The number of aliphatic hydroxyl groups is 7. The molecule has 2 aliphatic heterocycles. The zero-order valence-corrected chi connectivity index (χ0v) is 17.7. The topological polar surface area (TPSA) is 265 Å². The zero-order chi connectivity index (χ0) is 26.0. The Balaban J connectivity index is 1.78. The summed E-state index contributed by atoms with van der Waals surface area (Å²) < 4.78 is 21.2. The van der Waals surface area contributed by atoms with Gasteiger partial charge in [0.2, 0.25) is 12.0 Å². The van der Waals surface area contributed by atoms with Crippen LogP contribution in [0.25, 0.3) is 0 Å². The molecule has 0 spiro atoms. The molecule has 2 aliphatic rings. The van der Waals surface area contributed by atoms with Crippen molar-refractivity contribution in [3.8, 4) is 5.75 Å². The van der Waals surface area contributed by atoms with Crippen molar-refractivity contribution in [2.45, 2.75) is 61.4 Å². The molecule has 10 atom stereocenters. The Morgan fingerprint density at radius 2 is 1.40 bits per heavy atom.